The number of benzene rings is 7. The molecule has 0 radical (unpaired) electrons. The average molecular weight is 859 g/mol. The lowest BCUT2D eigenvalue weighted by Gasteiger charge is -2.45. The molecule has 0 saturated carbocycles. The minimum absolute atomic E-state index is 0.0191. The predicted octanol–water partition coefficient (Wildman–Crippen LogP) is 15.3. The molecule has 0 unspecified atom stereocenters. The zero-order valence-corrected chi connectivity index (χ0v) is 40.9. The van der Waals surface area contributed by atoms with Crippen LogP contribution in [-0.2, 0) is 21.7 Å². The van der Waals surface area contributed by atoms with Gasteiger partial charge in [-0.15, -0.1) is 0 Å². The SMILES string of the molecule is CC(C)(C)c1ccc2c(c1)N(c1ccc(C3=CCCC4=C3c3ccccc3C4(C)C)cc1)c1cc(C(C)(C)C)cc3c1B2c1ccc(C(C)(C)C)cc1N3c1ccc(-c2ccccc2)cc1. The third-order valence-corrected chi connectivity index (χ3v) is 15.3. The van der Waals surface area contributed by atoms with Gasteiger partial charge in [0.25, 0.3) is 6.71 Å². The van der Waals surface area contributed by atoms with Gasteiger partial charge in [-0.1, -0.05) is 191 Å². The highest BCUT2D eigenvalue weighted by molar-refractivity contribution is 7.00. The van der Waals surface area contributed by atoms with Crippen LogP contribution in [0.2, 0.25) is 0 Å². The molecule has 0 bridgehead atoms. The van der Waals surface area contributed by atoms with E-state index < -0.39 is 0 Å². The second kappa shape index (κ2) is 14.8. The minimum atomic E-state index is -0.106. The Hall–Kier alpha value is -6.32. The van der Waals surface area contributed by atoms with Crippen molar-refractivity contribution in [2.45, 2.75) is 111 Å². The number of allylic oxidation sites excluding steroid dienone is 4. The third-order valence-electron chi connectivity index (χ3n) is 15.3. The van der Waals surface area contributed by atoms with E-state index in [4.69, 9.17) is 0 Å². The smallest absolute Gasteiger partial charge is 0.252 e. The van der Waals surface area contributed by atoms with Gasteiger partial charge in [0.1, 0.15) is 0 Å². The Kier molecular flexibility index (Phi) is 9.52. The molecule has 3 heteroatoms. The number of hydrogen-bond donors (Lipinski definition) is 0. The first-order chi connectivity index (χ1) is 31.4. The Labute approximate surface area is 394 Å². The van der Waals surface area contributed by atoms with Crippen molar-refractivity contribution in [3.63, 3.8) is 0 Å². The zero-order valence-electron chi connectivity index (χ0n) is 40.9. The summed E-state index contributed by atoms with van der Waals surface area (Å²) in [5, 5.41) is 0. The van der Waals surface area contributed by atoms with Crippen LogP contribution in [0.15, 0.2) is 163 Å². The highest BCUT2D eigenvalue weighted by Gasteiger charge is 2.45. The van der Waals surface area contributed by atoms with Crippen LogP contribution in [0.25, 0.3) is 22.3 Å². The van der Waals surface area contributed by atoms with Crippen LogP contribution in [0.4, 0.5) is 34.1 Å². The normalized spacial score (nSPS) is 16.0. The van der Waals surface area contributed by atoms with E-state index in [0.29, 0.717) is 0 Å². The van der Waals surface area contributed by atoms with Gasteiger partial charge in [0.2, 0.25) is 0 Å². The van der Waals surface area contributed by atoms with E-state index in [1.54, 1.807) is 5.57 Å². The van der Waals surface area contributed by atoms with Crippen molar-refractivity contribution < 1.29 is 0 Å². The molecular formula is C63H63BN2. The van der Waals surface area contributed by atoms with Gasteiger partial charge >= 0.3 is 0 Å². The van der Waals surface area contributed by atoms with Crippen LogP contribution in [0, 0.1) is 0 Å². The maximum atomic E-state index is 2.61. The van der Waals surface area contributed by atoms with Gasteiger partial charge in [0.15, 0.2) is 0 Å². The van der Waals surface area contributed by atoms with Crippen molar-refractivity contribution in [3.8, 4) is 11.1 Å². The van der Waals surface area contributed by atoms with Crippen LogP contribution < -0.4 is 26.2 Å². The van der Waals surface area contributed by atoms with Crippen molar-refractivity contribution in [1.29, 1.82) is 0 Å². The van der Waals surface area contributed by atoms with Gasteiger partial charge < -0.3 is 9.80 Å². The van der Waals surface area contributed by atoms with Crippen molar-refractivity contribution in [3.05, 3.63) is 197 Å². The van der Waals surface area contributed by atoms with Crippen molar-refractivity contribution in [2.24, 2.45) is 0 Å². The maximum Gasteiger partial charge on any atom is 0.252 e. The Balaban J connectivity index is 1.14. The molecule has 0 fully saturated rings. The second-order valence-electron chi connectivity index (χ2n) is 23.0. The predicted molar refractivity (Wildman–Crippen MR) is 286 cm³/mol. The first kappa shape index (κ1) is 42.3. The zero-order chi connectivity index (χ0) is 46.1. The fourth-order valence-electron chi connectivity index (χ4n) is 11.5. The highest BCUT2D eigenvalue weighted by Crippen LogP contribution is 2.55. The monoisotopic (exact) mass is 859 g/mol. The van der Waals surface area contributed by atoms with Crippen LogP contribution >= 0.6 is 0 Å². The van der Waals surface area contributed by atoms with Crippen molar-refractivity contribution >= 4 is 68.4 Å². The molecule has 2 nitrogen and oxygen atoms in total. The van der Waals surface area contributed by atoms with Crippen molar-refractivity contribution in [2.75, 3.05) is 9.80 Å². The quantitative estimate of drug-likeness (QED) is 0.163. The second-order valence-corrected chi connectivity index (χ2v) is 23.0. The molecule has 2 aliphatic heterocycles. The largest absolute Gasteiger partial charge is 0.311 e. The highest BCUT2D eigenvalue weighted by atomic mass is 15.2. The maximum absolute atomic E-state index is 2.61. The molecule has 0 spiro atoms. The van der Waals surface area contributed by atoms with Crippen molar-refractivity contribution in [1.82, 2.24) is 0 Å². The van der Waals surface area contributed by atoms with Crippen LogP contribution in [0.1, 0.15) is 122 Å². The van der Waals surface area contributed by atoms with E-state index >= 15 is 0 Å². The molecule has 0 saturated heterocycles. The van der Waals surface area contributed by atoms with E-state index in [9.17, 15) is 0 Å². The Bertz CT molecular complexity index is 3140. The molecule has 11 rings (SSSR count). The molecule has 0 amide bonds. The van der Waals surface area contributed by atoms with Gasteiger partial charge in [-0.05, 0) is 150 Å². The Morgan fingerprint density at radius 1 is 0.470 bits per heavy atom. The molecule has 7 aromatic carbocycles. The van der Waals surface area contributed by atoms with Gasteiger partial charge in [0.05, 0.1) is 0 Å². The number of fused-ring (bicyclic) bond motifs is 6. The van der Waals surface area contributed by atoms with Crippen LogP contribution in [0.3, 0.4) is 0 Å². The van der Waals surface area contributed by atoms with E-state index in [-0.39, 0.29) is 28.4 Å². The lowest BCUT2D eigenvalue weighted by atomic mass is 9.33. The number of nitrogens with zero attached hydrogens (tertiary/aromatic N) is 2. The standard InChI is InChI=1S/C63H63BN2/c1-60(2,3)43-28-34-52-54(36-43)65(46-30-24-41(25-31-46)40-18-13-12-14-19-40)56-38-45(62(7,8)9)39-57-59(56)64(52)53-35-29-44(61(4,5)6)37-55(53)66(57)47-32-26-42(27-33-47)48-21-17-23-51-58(48)49-20-15-16-22-50(49)63(51,10)11/h12-16,18-22,24-39H,17,23H2,1-11H3. The summed E-state index contributed by atoms with van der Waals surface area (Å²) in [5.41, 5.74) is 26.3. The molecule has 4 aliphatic rings. The molecular weight excluding hydrogens is 796 g/mol. The molecule has 66 heavy (non-hydrogen) atoms. The fraction of sp³-hybridized carbons (Fsp3) is 0.270. The molecule has 2 heterocycles. The summed E-state index contributed by atoms with van der Waals surface area (Å²) in [5.74, 6) is 0. The topological polar surface area (TPSA) is 6.48 Å². The molecule has 0 atom stereocenters. The van der Waals surface area contributed by atoms with E-state index in [2.05, 4.69) is 244 Å². The molecule has 0 aromatic heterocycles. The fourth-order valence-corrected chi connectivity index (χ4v) is 11.5. The summed E-state index contributed by atoms with van der Waals surface area (Å²) in [6, 6.07) is 58.4. The van der Waals surface area contributed by atoms with Gasteiger partial charge in [-0.2, -0.15) is 0 Å². The lowest BCUT2D eigenvalue weighted by molar-refractivity contribution is 0.590. The average Bonchev–Trinajstić information content (AvgIpc) is 3.53. The van der Waals surface area contributed by atoms with Crippen LogP contribution in [0.5, 0.6) is 0 Å². The molecule has 328 valence electrons. The van der Waals surface area contributed by atoms with Gasteiger partial charge in [-0.25, -0.2) is 0 Å². The summed E-state index contributed by atoms with van der Waals surface area (Å²) >= 11 is 0. The number of rotatable bonds is 4. The van der Waals surface area contributed by atoms with Crippen LogP contribution in [-0.4, -0.2) is 6.71 Å². The number of anilines is 6. The first-order valence-corrected chi connectivity index (χ1v) is 24.3. The molecule has 2 aliphatic carbocycles. The van der Waals surface area contributed by atoms with E-state index in [0.717, 1.165) is 12.8 Å². The summed E-state index contributed by atoms with van der Waals surface area (Å²) in [7, 11) is 0. The summed E-state index contributed by atoms with van der Waals surface area (Å²) in [6.07, 6.45) is 4.68. The summed E-state index contributed by atoms with van der Waals surface area (Å²) < 4.78 is 0. The van der Waals surface area contributed by atoms with E-state index in [1.165, 1.54) is 106 Å². The van der Waals surface area contributed by atoms with E-state index in [1.807, 2.05) is 0 Å². The molecule has 7 aromatic rings. The van der Waals surface area contributed by atoms with Gasteiger partial charge in [-0.3, -0.25) is 0 Å². The Morgan fingerprint density at radius 2 is 0.939 bits per heavy atom. The first-order valence-electron chi connectivity index (χ1n) is 24.3. The summed E-state index contributed by atoms with van der Waals surface area (Å²) in [4.78, 5) is 5.19. The third kappa shape index (κ3) is 6.67. The Morgan fingerprint density at radius 3 is 1.47 bits per heavy atom. The number of hydrogen-bond acceptors (Lipinski definition) is 2. The molecule has 0 N–H and O–H groups in total. The van der Waals surface area contributed by atoms with Gasteiger partial charge in [0, 0.05) is 39.5 Å². The summed E-state index contributed by atoms with van der Waals surface area (Å²) in [6.45, 7) is 26.0. The minimum Gasteiger partial charge on any atom is -0.311 e. The lowest BCUT2D eigenvalue weighted by Crippen LogP contribution is -2.61.